The third-order valence-electron chi connectivity index (χ3n) is 5.13. The van der Waals surface area contributed by atoms with Gasteiger partial charge in [-0.15, -0.1) is 0 Å². The van der Waals surface area contributed by atoms with Gasteiger partial charge in [0.2, 0.25) is 0 Å². The minimum absolute atomic E-state index is 0.0919. The van der Waals surface area contributed by atoms with E-state index in [2.05, 4.69) is 16.8 Å². The molecule has 4 rings (SSSR count). The zero-order chi connectivity index (χ0) is 16.1. The molecule has 0 saturated heterocycles. The number of carbonyl (C=O) groups excluding carboxylic acids is 1. The van der Waals surface area contributed by atoms with Crippen LogP contribution in [0.15, 0.2) is 30.3 Å². The number of benzene rings is 1. The predicted molar refractivity (Wildman–Crippen MR) is 88.5 cm³/mol. The molecule has 1 aromatic heterocycles. The van der Waals surface area contributed by atoms with Crippen LogP contribution in [-0.4, -0.2) is 21.7 Å². The number of aryl methyl sites for hydroxylation is 1. The van der Waals surface area contributed by atoms with Gasteiger partial charge in [0.15, 0.2) is 0 Å². The van der Waals surface area contributed by atoms with E-state index in [0.29, 0.717) is 12.5 Å². The third kappa shape index (κ3) is 2.38. The van der Waals surface area contributed by atoms with Crippen LogP contribution in [0.2, 0.25) is 0 Å². The van der Waals surface area contributed by atoms with Crippen molar-refractivity contribution in [3.63, 3.8) is 0 Å². The number of hydrogen-bond donors (Lipinski definition) is 2. The molecule has 0 radical (unpaired) electrons. The molecule has 0 aliphatic heterocycles. The molecular weight excluding hydrogens is 288 g/mol. The van der Waals surface area contributed by atoms with Crippen LogP contribution in [-0.2, 0) is 6.42 Å². The van der Waals surface area contributed by atoms with Crippen molar-refractivity contribution in [2.24, 2.45) is 0 Å². The van der Waals surface area contributed by atoms with Crippen molar-refractivity contribution in [2.45, 2.75) is 51.3 Å². The van der Waals surface area contributed by atoms with Crippen molar-refractivity contribution in [2.75, 3.05) is 0 Å². The monoisotopic (exact) mass is 310 g/mol. The number of aliphatic hydroxyl groups is 1. The van der Waals surface area contributed by atoms with E-state index in [-0.39, 0.29) is 11.9 Å². The van der Waals surface area contributed by atoms with Crippen LogP contribution in [0.25, 0.3) is 0 Å². The first-order valence-electron chi connectivity index (χ1n) is 8.31. The Bertz CT molecular complexity index is 774. The van der Waals surface area contributed by atoms with Crippen LogP contribution in [0.1, 0.15) is 57.8 Å². The van der Waals surface area contributed by atoms with Crippen LogP contribution in [0, 0.1) is 13.8 Å². The van der Waals surface area contributed by atoms with Crippen molar-refractivity contribution in [3.05, 3.63) is 58.4 Å². The normalized spacial score (nSPS) is 22.9. The Morgan fingerprint density at radius 2 is 2.00 bits per heavy atom. The highest BCUT2D eigenvalue weighted by Gasteiger charge is 2.33. The zero-order valence-electron chi connectivity index (χ0n) is 13.5. The minimum atomic E-state index is -0.553. The van der Waals surface area contributed by atoms with Crippen molar-refractivity contribution in [1.29, 1.82) is 0 Å². The van der Waals surface area contributed by atoms with E-state index in [1.54, 1.807) is 0 Å². The van der Waals surface area contributed by atoms with Crippen molar-refractivity contribution < 1.29 is 9.90 Å². The van der Waals surface area contributed by atoms with E-state index in [0.717, 1.165) is 28.1 Å². The van der Waals surface area contributed by atoms with E-state index in [4.69, 9.17) is 0 Å². The van der Waals surface area contributed by atoms with Crippen LogP contribution < -0.4 is 5.32 Å². The van der Waals surface area contributed by atoms with Gasteiger partial charge in [-0.3, -0.25) is 4.79 Å². The van der Waals surface area contributed by atoms with Gasteiger partial charge in [0, 0.05) is 23.9 Å². The smallest absolute Gasteiger partial charge is 0.253 e. The third-order valence-corrected chi connectivity index (χ3v) is 5.13. The van der Waals surface area contributed by atoms with Gasteiger partial charge in [0.25, 0.3) is 5.91 Å². The summed E-state index contributed by atoms with van der Waals surface area (Å²) in [4.78, 5) is 12.7. The Labute approximate surface area is 136 Å². The Hall–Kier alpha value is -2.07. The van der Waals surface area contributed by atoms with Gasteiger partial charge in [0.05, 0.1) is 17.7 Å². The lowest BCUT2D eigenvalue weighted by atomic mass is 10.1. The number of nitrogens with one attached hydrogen (secondary N) is 1. The highest BCUT2D eigenvalue weighted by molar-refractivity contribution is 5.96. The van der Waals surface area contributed by atoms with Crippen LogP contribution in [0.3, 0.4) is 0 Å². The molecule has 120 valence electrons. The number of rotatable bonds is 3. The highest BCUT2D eigenvalue weighted by atomic mass is 16.3. The van der Waals surface area contributed by atoms with E-state index in [9.17, 15) is 9.90 Å². The van der Waals surface area contributed by atoms with E-state index in [1.165, 1.54) is 12.8 Å². The molecule has 1 aromatic carbocycles. The Balaban J connectivity index is 1.60. The van der Waals surface area contributed by atoms with Crippen molar-refractivity contribution in [1.82, 2.24) is 9.88 Å². The second-order valence-electron chi connectivity index (χ2n) is 6.81. The summed E-state index contributed by atoms with van der Waals surface area (Å²) < 4.78 is 2.27. The SMILES string of the molecule is Cc1cc(C(=O)NC2c3ccccc3CC2O)c(C)n1C1CC1. The van der Waals surface area contributed by atoms with Crippen LogP contribution in [0.4, 0.5) is 0 Å². The highest BCUT2D eigenvalue weighted by Crippen LogP contribution is 2.38. The first-order valence-corrected chi connectivity index (χ1v) is 8.31. The maximum Gasteiger partial charge on any atom is 0.253 e. The molecule has 4 nitrogen and oxygen atoms in total. The number of fused-ring (bicyclic) bond motifs is 1. The van der Waals surface area contributed by atoms with E-state index < -0.39 is 6.10 Å². The molecule has 1 heterocycles. The van der Waals surface area contributed by atoms with Gasteiger partial charge < -0.3 is 15.0 Å². The molecule has 0 spiro atoms. The van der Waals surface area contributed by atoms with Gasteiger partial charge in [-0.25, -0.2) is 0 Å². The molecule has 2 unspecified atom stereocenters. The summed E-state index contributed by atoms with van der Waals surface area (Å²) in [5.74, 6) is -0.0919. The average Bonchev–Trinajstić information content (AvgIpc) is 3.24. The lowest BCUT2D eigenvalue weighted by Gasteiger charge is -2.18. The van der Waals surface area contributed by atoms with Gasteiger partial charge >= 0.3 is 0 Å². The standard InChI is InChI=1S/C19H22N2O2/c1-11-9-16(12(2)21(11)14-7-8-14)19(23)20-18-15-6-4-3-5-13(15)10-17(18)22/h3-6,9,14,17-18,22H,7-8,10H2,1-2H3,(H,20,23). The lowest BCUT2D eigenvalue weighted by molar-refractivity contribution is 0.0857. The summed E-state index contributed by atoms with van der Waals surface area (Å²) >= 11 is 0. The summed E-state index contributed by atoms with van der Waals surface area (Å²) in [7, 11) is 0. The molecule has 2 atom stereocenters. The Kier molecular flexibility index (Phi) is 3.31. The fourth-order valence-electron chi connectivity index (χ4n) is 3.87. The fourth-order valence-corrected chi connectivity index (χ4v) is 3.87. The van der Waals surface area contributed by atoms with Crippen LogP contribution >= 0.6 is 0 Å². The van der Waals surface area contributed by atoms with E-state index in [1.807, 2.05) is 37.3 Å². The topological polar surface area (TPSA) is 54.3 Å². The van der Waals surface area contributed by atoms with Gasteiger partial charge in [-0.1, -0.05) is 24.3 Å². The van der Waals surface area contributed by atoms with Crippen molar-refractivity contribution in [3.8, 4) is 0 Å². The maximum atomic E-state index is 12.7. The number of aliphatic hydroxyl groups excluding tert-OH is 1. The predicted octanol–water partition coefficient (Wildman–Crippen LogP) is 2.83. The number of carbonyl (C=O) groups is 1. The summed E-state index contributed by atoms with van der Waals surface area (Å²) in [5.41, 5.74) is 5.05. The molecule has 2 aromatic rings. The first kappa shape index (κ1) is 14.5. The minimum Gasteiger partial charge on any atom is -0.390 e. The van der Waals surface area contributed by atoms with Crippen LogP contribution in [0.5, 0.6) is 0 Å². The molecular formula is C19H22N2O2. The second kappa shape index (κ2) is 5.24. The molecule has 1 fully saturated rings. The quantitative estimate of drug-likeness (QED) is 0.916. The summed E-state index contributed by atoms with van der Waals surface area (Å²) in [6, 6.07) is 10.1. The first-order chi connectivity index (χ1) is 11.1. The Morgan fingerprint density at radius 3 is 2.74 bits per heavy atom. The molecule has 2 N–H and O–H groups in total. The molecule has 1 saturated carbocycles. The Morgan fingerprint density at radius 1 is 1.26 bits per heavy atom. The maximum absolute atomic E-state index is 12.7. The molecule has 2 aliphatic rings. The lowest BCUT2D eigenvalue weighted by Crippen LogP contribution is -2.34. The van der Waals surface area contributed by atoms with Gasteiger partial charge in [0.1, 0.15) is 0 Å². The van der Waals surface area contributed by atoms with E-state index >= 15 is 0 Å². The zero-order valence-corrected chi connectivity index (χ0v) is 13.5. The molecule has 23 heavy (non-hydrogen) atoms. The largest absolute Gasteiger partial charge is 0.390 e. The van der Waals surface area contributed by atoms with Gasteiger partial charge in [-0.2, -0.15) is 0 Å². The van der Waals surface area contributed by atoms with Crippen molar-refractivity contribution >= 4 is 5.91 Å². The number of aromatic nitrogens is 1. The fraction of sp³-hybridized carbons (Fsp3) is 0.421. The summed E-state index contributed by atoms with van der Waals surface area (Å²) in [5, 5.41) is 13.4. The number of amides is 1. The summed E-state index contributed by atoms with van der Waals surface area (Å²) in [6.07, 6.45) is 2.45. The number of hydrogen-bond acceptors (Lipinski definition) is 2. The molecule has 2 aliphatic carbocycles. The molecule has 0 bridgehead atoms. The summed E-state index contributed by atoms with van der Waals surface area (Å²) in [6.45, 7) is 4.07. The molecule has 1 amide bonds. The second-order valence-corrected chi connectivity index (χ2v) is 6.81. The average molecular weight is 310 g/mol. The van der Waals surface area contributed by atoms with Gasteiger partial charge in [-0.05, 0) is 43.9 Å². The number of nitrogens with zero attached hydrogens (tertiary/aromatic N) is 1. The molecule has 4 heteroatoms.